The van der Waals surface area contributed by atoms with E-state index in [0.717, 1.165) is 22.2 Å². The Morgan fingerprint density at radius 3 is 2.29 bits per heavy atom. The van der Waals surface area contributed by atoms with E-state index in [0.29, 0.717) is 0 Å². The summed E-state index contributed by atoms with van der Waals surface area (Å²) >= 11 is 0. The molecule has 3 nitrogen and oxygen atoms in total. The second-order valence-electron chi connectivity index (χ2n) is 4.90. The van der Waals surface area contributed by atoms with E-state index < -0.39 is 0 Å². The van der Waals surface area contributed by atoms with Crippen molar-refractivity contribution in [2.24, 2.45) is 0 Å². The minimum Gasteiger partial charge on any atom is -0.354 e. The summed E-state index contributed by atoms with van der Waals surface area (Å²) < 4.78 is 0. The van der Waals surface area contributed by atoms with Gasteiger partial charge in [-0.25, -0.2) is 0 Å². The average Bonchev–Trinajstić information content (AvgIpc) is 2.96. The normalized spacial score (nSPS) is 10.9. The number of nitrogens with zero attached hydrogens (tertiary/aromatic N) is 2. The number of benzene rings is 1. The Balaban J connectivity index is 2.07. The van der Waals surface area contributed by atoms with Crippen LogP contribution in [0.3, 0.4) is 0 Å². The molecule has 0 aliphatic carbocycles. The summed E-state index contributed by atoms with van der Waals surface area (Å²) in [5.74, 6) is 0. The smallest absolute Gasteiger partial charge is 0.0545 e. The fourth-order valence-corrected chi connectivity index (χ4v) is 2.67. The lowest BCUT2D eigenvalue weighted by atomic mass is 10.00. The summed E-state index contributed by atoms with van der Waals surface area (Å²) in [6, 6.07) is 16.4. The van der Waals surface area contributed by atoms with Gasteiger partial charge in [0.1, 0.15) is 0 Å². The number of H-pyrrole nitrogens is 1. The van der Waals surface area contributed by atoms with Crippen molar-refractivity contribution in [2.45, 2.75) is 0 Å². The van der Waals surface area contributed by atoms with Crippen LogP contribution < -0.4 is 0 Å². The van der Waals surface area contributed by atoms with Crippen LogP contribution in [-0.4, -0.2) is 15.0 Å². The molecule has 0 aliphatic heterocycles. The molecule has 0 spiro atoms. The largest absolute Gasteiger partial charge is 0.354 e. The first-order valence-corrected chi connectivity index (χ1v) is 6.85. The summed E-state index contributed by atoms with van der Waals surface area (Å²) in [5, 5.41) is 1.13. The molecule has 21 heavy (non-hydrogen) atoms. The van der Waals surface area contributed by atoms with Gasteiger partial charge in [0, 0.05) is 41.3 Å². The van der Waals surface area contributed by atoms with E-state index in [9.17, 15) is 0 Å². The van der Waals surface area contributed by atoms with Gasteiger partial charge in [0.25, 0.3) is 0 Å². The number of aromatic amines is 1. The Kier molecular flexibility index (Phi) is 2.75. The Bertz CT molecular complexity index is 880. The highest BCUT2D eigenvalue weighted by atomic mass is 14.7. The number of aromatic nitrogens is 3. The summed E-state index contributed by atoms with van der Waals surface area (Å²) in [4.78, 5) is 11.9. The molecule has 0 aliphatic rings. The summed E-state index contributed by atoms with van der Waals surface area (Å²) in [7, 11) is 0. The molecule has 100 valence electrons. The highest BCUT2D eigenvalue weighted by Crippen LogP contribution is 2.37. The first-order chi connectivity index (χ1) is 10.4. The van der Waals surface area contributed by atoms with Crippen molar-refractivity contribution >= 4 is 10.9 Å². The Morgan fingerprint density at radius 2 is 1.48 bits per heavy atom. The molecule has 3 heterocycles. The molecule has 0 bridgehead atoms. The zero-order valence-corrected chi connectivity index (χ0v) is 11.3. The highest BCUT2D eigenvalue weighted by molar-refractivity contribution is 6.03. The fraction of sp³-hybridized carbons (Fsp3) is 0. The van der Waals surface area contributed by atoms with E-state index in [4.69, 9.17) is 0 Å². The maximum Gasteiger partial charge on any atom is 0.0545 e. The molecule has 1 aromatic carbocycles. The van der Waals surface area contributed by atoms with Gasteiger partial charge in [0.05, 0.1) is 5.69 Å². The van der Waals surface area contributed by atoms with E-state index in [-0.39, 0.29) is 0 Å². The van der Waals surface area contributed by atoms with Crippen LogP contribution in [0.15, 0.2) is 73.3 Å². The molecular formula is C18H13N3. The third-order valence-electron chi connectivity index (χ3n) is 3.63. The van der Waals surface area contributed by atoms with Gasteiger partial charge in [-0.1, -0.05) is 30.3 Å². The predicted octanol–water partition coefficient (Wildman–Crippen LogP) is 4.29. The van der Waals surface area contributed by atoms with E-state index in [1.807, 2.05) is 49.1 Å². The first-order valence-electron chi connectivity index (χ1n) is 6.85. The topological polar surface area (TPSA) is 41.6 Å². The van der Waals surface area contributed by atoms with Crippen LogP contribution in [0.5, 0.6) is 0 Å². The van der Waals surface area contributed by atoms with Crippen LogP contribution in [0.25, 0.3) is 33.3 Å². The van der Waals surface area contributed by atoms with E-state index in [2.05, 4.69) is 39.2 Å². The van der Waals surface area contributed by atoms with Crippen molar-refractivity contribution in [1.82, 2.24) is 15.0 Å². The van der Waals surface area contributed by atoms with Crippen molar-refractivity contribution < 1.29 is 0 Å². The second-order valence-corrected chi connectivity index (χ2v) is 4.90. The minimum atomic E-state index is 1.09. The number of hydrogen-bond donors (Lipinski definition) is 1. The fourth-order valence-electron chi connectivity index (χ4n) is 2.67. The van der Waals surface area contributed by atoms with E-state index in [1.54, 1.807) is 0 Å². The van der Waals surface area contributed by atoms with Crippen LogP contribution in [0.4, 0.5) is 0 Å². The van der Waals surface area contributed by atoms with Crippen molar-refractivity contribution in [3.63, 3.8) is 0 Å². The third-order valence-corrected chi connectivity index (χ3v) is 3.63. The van der Waals surface area contributed by atoms with Crippen LogP contribution in [0.1, 0.15) is 0 Å². The molecule has 4 rings (SSSR count). The molecule has 1 N–H and O–H groups in total. The van der Waals surface area contributed by atoms with Crippen LogP contribution in [0.2, 0.25) is 0 Å². The SMILES string of the molecule is c1ccc(-c2[nH]c3ccncc3c2-c2ccncc2)cc1. The second kappa shape index (κ2) is 4.87. The van der Waals surface area contributed by atoms with E-state index >= 15 is 0 Å². The van der Waals surface area contributed by atoms with E-state index in [1.165, 1.54) is 11.1 Å². The maximum atomic E-state index is 4.27. The van der Waals surface area contributed by atoms with Crippen LogP contribution >= 0.6 is 0 Å². The molecule has 0 amide bonds. The van der Waals surface area contributed by atoms with Gasteiger partial charge in [0.2, 0.25) is 0 Å². The van der Waals surface area contributed by atoms with Crippen molar-refractivity contribution in [3.8, 4) is 22.4 Å². The van der Waals surface area contributed by atoms with Gasteiger partial charge in [-0.05, 0) is 29.3 Å². The van der Waals surface area contributed by atoms with Crippen molar-refractivity contribution in [3.05, 3.63) is 73.3 Å². The number of rotatable bonds is 2. The summed E-state index contributed by atoms with van der Waals surface area (Å²) in [6.07, 6.45) is 7.36. The Morgan fingerprint density at radius 1 is 0.714 bits per heavy atom. The zero-order valence-electron chi connectivity index (χ0n) is 11.3. The molecule has 3 aromatic heterocycles. The van der Waals surface area contributed by atoms with Crippen molar-refractivity contribution in [1.29, 1.82) is 0 Å². The summed E-state index contributed by atoms with van der Waals surface area (Å²) in [6.45, 7) is 0. The number of hydrogen-bond acceptors (Lipinski definition) is 2. The number of pyridine rings is 2. The maximum absolute atomic E-state index is 4.27. The lowest BCUT2D eigenvalue weighted by Crippen LogP contribution is -1.83. The molecule has 0 radical (unpaired) electrons. The minimum absolute atomic E-state index is 1.09. The van der Waals surface area contributed by atoms with Gasteiger partial charge in [-0.15, -0.1) is 0 Å². The first kappa shape index (κ1) is 11.9. The molecule has 4 aromatic rings. The Labute approximate surface area is 122 Å². The van der Waals surface area contributed by atoms with Crippen LogP contribution in [0, 0.1) is 0 Å². The number of nitrogens with one attached hydrogen (secondary N) is 1. The lowest BCUT2D eigenvalue weighted by molar-refractivity contribution is 1.33. The third kappa shape index (κ3) is 1.99. The molecule has 0 atom stereocenters. The Hall–Kier alpha value is -2.94. The van der Waals surface area contributed by atoms with Gasteiger partial charge in [0.15, 0.2) is 0 Å². The molecule has 0 fully saturated rings. The molecule has 0 unspecified atom stereocenters. The van der Waals surface area contributed by atoms with Gasteiger partial charge in [-0.2, -0.15) is 0 Å². The van der Waals surface area contributed by atoms with Crippen molar-refractivity contribution in [2.75, 3.05) is 0 Å². The molecule has 3 heteroatoms. The van der Waals surface area contributed by atoms with Crippen LogP contribution in [-0.2, 0) is 0 Å². The summed E-state index contributed by atoms with van der Waals surface area (Å²) in [5.41, 5.74) is 5.69. The molecule has 0 saturated carbocycles. The molecular weight excluding hydrogens is 258 g/mol. The highest BCUT2D eigenvalue weighted by Gasteiger charge is 2.14. The number of fused-ring (bicyclic) bond motifs is 1. The zero-order chi connectivity index (χ0) is 14.1. The van der Waals surface area contributed by atoms with Gasteiger partial charge in [-0.3, -0.25) is 9.97 Å². The quantitative estimate of drug-likeness (QED) is 0.591. The predicted molar refractivity (Wildman–Crippen MR) is 84.8 cm³/mol. The molecule has 0 saturated heterocycles. The standard InChI is InChI=1S/C18H13N3/c1-2-4-14(5-3-1)18-17(13-6-9-19-10-7-13)15-12-20-11-8-16(15)21-18/h1-12,21H. The van der Waals surface area contributed by atoms with Gasteiger partial charge >= 0.3 is 0 Å². The monoisotopic (exact) mass is 271 g/mol. The van der Waals surface area contributed by atoms with Gasteiger partial charge < -0.3 is 4.98 Å². The average molecular weight is 271 g/mol. The lowest BCUT2D eigenvalue weighted by Gasteiger charge is -2.05.